The van der Waals surface area contributed by atoms with Gasteiger partial charge in [-0.25, -0.2) is 9.97 Å². The van der Waals surface area contributed by atoms with Gasteiger partial charge >= 0.3 is 5.97 Å². The molecule has 0 radical (unpaired) electrons. The van der Waals surface area contributed by atoms with E-state index in [1.807, 2.05) is 36.4 Å². The number of aliphatic carboxylic acids is 1. The van der Waals surface area contributed by atoms with Crippen molar-refractivity contribution in [3.05, 3.63) is 81.6 Å². The highest BCUT2D eigenvalue weighted by Crippen LogP contribution is 2.36. The number of hydrogen-bond acceptors (Lipinski definition) is 4. The van der Waals surface area contributed by atoms with Crippen molar-refractivity contribution in [1.29, 1.82) is 0 Å². The Labute approximate surface area is 195 Å². The van der Waals surface area contributed by atoms with Crippen LogP contribution in [0.3, 0.4) is 0 Å². The number of benzene rings is 2. The molecule has 0 aliphatic heterocycles. The van der Waals surface area contributed by atoms with Gasteiger partial charge in [-0.3, -0.25) is 14.2 Å². The lowest BCUT2D eigenvalue weighted by Gasteiger charge is -2.32. The second-order valence-corrected chi connectivity index (χ2v) is 9.20. The van der Waals surface area contributed by atoms with E-state index in [9.17, 15) is 14.7 Å². The third-order valence-corrected chi connectivity index (χ3v) is 6.95. The van der Waals surface area contributed by atoms with Crippen molar-refractivity contribution in [2.24, 2.45) is 5.92 Å². The number of aromatic nitrogens is 3. The largest absolute Gasteiger partial charge is 0.481 e. The minimum Gasteiger partial charge on any atom is -0.481 e. The summed E-state index contributed by atoms with van der Waals surface area (Å²) in [5, 5.41) is 12.4. The van der Waals surface area contributed by atoms with Gasteiger partial charge in [-0.05, 0) is 53.8 Å². The normalized spacial score (nSPS) is 18.6. The molecule has 0 bridgehead atoms. The van der Waals surface area contributed by atoms with Crippen LogP contribution in [0.5, 0.6) is 0 Å². The van der Waals surface area contributed by atoms with Gasteiger partial charge in [-0.1, -0.05) is 54.8 Å². The summed E-state index contributed by atoms with van der Waals surface area (Å²) in [7, 11) is 0. The molecule has 2 heterocycles. The summed E-state index contributed by atoms with van der Waals surface area (Å²) in [6.07, 6.45) is 7.63. The van der Waals surface area contributed by atoms with E-state index in [-0.39, 0.29) is 23.9 Å². The van der Waals surface area contributed by atoms with Crippen molar-refractivity contribution in [1.82, 2.24) is 14.5 Å². The molecule has 2 unspecified atom stereocenters. The number of carbonyl (C=O) groups is 1. The molecular formula is C26H24ClN3O3. The highest BCUT2D eigenvalue weighted by atomic mass is 35.5. The summed E-state index contributed by atoms with van der Waals surface area (Å²) >= 11 is 5.94. The van der Waals surface area contributed by atoms with Crippen LogP contribution in [0.15, 0.2) is 59.8 Å². The van der Waals surface area contributed by atoms with E-state index in [1.165, 1.54) is 0 Å². The van der Waals surface area contributed by atoms with E-state index < -0.39 is 5.97 Å². The predicted octanol–water partition coefficient (Wildman–Crippen LogP) is 5.39. The van der Waals surface area contributed by atoms with Crippen molar-refractivity contribution in [2.75, 3.05) is 0 Å². The van der Waals surface area contributed by atoms with E-state index in [2.05, 4.69) is 4.98 Å². The molecule has 0 amide bonds. The first-order valence-electron chi connectivity index (χ1n) is 11.2. The van der Waals surface area contributed by atoms with Gasteiger partial charge in [-0.2, -0.15) is 0 Å². The first-order valence-corrected chi connectivity index (χ1v) is 11.6. The molecule has 33 heavy (non-hydrogen) atoms. The smallest absolute Gasteiger partial charge is 0.303 e. The number of fused-ring (bicyclic) bond motifs is 3. The van der Waals surface area contributed by atoms with Crippen molar-refractivity contribution in [3.63, 3.8) is 0 Å². The van der Waals surface area contributed by atoms with Crippen molar-refractivity contribution < 1.29 is 9.90 Å². The molecule has 1 fully saturated rings. The number of hydrogen-bond donors (Lipinski definition) is 1. The molecule has 2 atom stereocenters. The Hall–Kier alpha value is -3.25. The Balaban J connectivity index is 1.66. The molecule has 1 aliphatic rings. The maximum atomic E-state index is 13.7. The number of halogens is 1. The van der Waals surface area contributed by atoms with E-state index >= 15 is 0 Å². The molecule has 0 saturated heterocycles. The Morgan fingerprint density at radius 2 is 1.85 bits per heavy atom. The van der Waals surface area contributed by atoms with Crippen molar-refractivity contribution in [2.45, 2.75) is 44.6 Å². The molecule has 5 rings (SSSR count). The molecule has 7 heteroatoms. The number of rotatable bonds is 5. The third-order valence-electron chi connectivity index (χ3n) is 6.72. The summed E-state index contributed by atoms with van der Waals surface area (Å²) in [5.74, 6) is -0.883. The van der Waals surface area contributed by atoms with Crippen LogP contribution in [0, 0.1) is 5.92 Å². The van der Waals surface area contributed by atoms with E-state index in [0.29, 0.717) is 22.5 Å². The van der Waals surface area contributed by atoms with Crippen molar-refractivity contribution in [3.8, 4) is 0 Å². The third kappa shape index (κ3) is 4.23. The number of carboxylic acids is 1. The topological polar surface area (TPSA) is 85.1 Å². The van der Waals surface area contributed by atoms with Gasteiger partial charge in [0.25, 0.3) is 5.56 Å². The molecular weight excluding hydrogens is 438 g/mol. The van der Waals surface area contributed by atoms with E-state index in [4.69, 9.17) is 16.6 Å². The van der Waals surface area contributed by atoms with Crippen LogP contribution < -0.4 is 5.56 Å². The van der Waals surface area contributed by atoms with Gasteiger partial charge in [-0.15, -0.1) is 0 Å². The Bertz CT molecular complexity index is 1400. The monoisotopic (exact) mass is 461 g/mol. The number of nitrogens with zero attached hydrogens (tertiary/aromatic N) is 3. The lowest BCUT2D eigenvalue weighted by atomic mass is 9.82. The second-order valence-electron chi connectivity index (χ2n) is 8.81. The van der Waals surface area contributed by atoms with Gasteiger partial charge in [0.15, 0.2) is 0 Å². The predicted molar refractivity (Wildman–Crippen MR) is 129 cm³/mol. The molecule has 4 aromatic rings. The van der Waals surface area contributed by atoms with Crippen LogP contribution in [0.25, 0.3) is 21.7 Å². The van der Waals surface area contributed by atoms with Gasteiger partial charge < -0.3 is 5.11 Å². The van der Waals surface area contributed by atoms with E-state index in [1.54, 1.807) is 23.2 Å². The van der Waals surface area contributed by atoms with Crippen molar-refractivity contribution >= 4 is 39.2 Å². The van der Waals surface area contributed by atoms with Crippen LogP contribution in [-0.4, -0.2) is 25.6 Å². The van der Waals surface area contributed by atoms with Gasteiger partial charge in [0.05, 0.1) is 23.7 Å². The van der Waals surface area contributed by atoms with Crippen LogP contribution >= 0.6 is 11.6 Å². The Morgan fingerprint density at radius 3 is 2.61 bits per heavy atom. The zero-order chi connectivity index (χ0) is 22.9. The summed E-state index contributed by atoms with van der Waals surface area (Å²) in [6, 6.07) is 13.5. The summed E-state index contributed by atoms with van der Waals surface area (Å²) in [6.45, 7) is 0. The Kier molecular flexibility index (Phi) is 5.85. The molecule has 0 spiro atoms. The zero-order valence-corrected chi connectivity index (χ0v) is 18.8. The second kappa shape index (κ2) is 8.94. The standard InChI is InChI=1S/C26H24ClN3O3/c27-23-10-9-16(14-28-23)11-18-12-21-25(20-7-3-2-6-19(18)20)29-15-30(26(21)33)22-8-4-1-5-17(22)13-24(31)32/h2-3,6-7,9-10,12,14-15,17,22H,1,4-5,8,11,13H2,(H,31,32). The minimum absolute atomic E-state index is 0.0618. The SMILES string of the molecule is O=C(O)CC1CCCCC1n1cnc2c(cc(Cc3ccc(Cl)nc3)c3ccccc32)c1=O. The summed E-state index contributed by atoms with van der Waals surface area (Å²) in [4.78, 5) is 34.0. The average molecular weight is 462 g/mol. The maximum absolute atomic E-state index is 13.7. The molecule has 6 nitrogen and oxygen atoms in total. The number of pyridine rings is 1. The van der Waals surface area contributed by atoms with Crippen LogP contribution in [0.1, 0.15) is 49.3 Å². The molecule has 1 saturated carbocycles. The quantitative estimate of drug-likeness (QED) is 0.318. The minimum atomic E-state index is -0.821. The van der Waals surface area contributed by atoms with Gasteiger partial charge in [0, 0.05) is 17.6 Å². The first-order chi connectivity index (χ1) is 16.0. The molecule has 1 aliphatic carbocycles. The molecule has 168 valence electrons. The fourth-order valence-corrected chi connectivity index (χ4v) is 5.29. The molecule has 1 N–H and O–H groups in total. The maximum Gasteiger partial charge on any atom is 0.303 e. The van der Waals surface area contributed by atoms with Gasteiger partial charge in [0.2, 0.25) is 0 Å². The van der Waals surface area contributed by atoms with Crippen LogP contribution in [-0.2, 0) is 11.2 Å². The Morgan fingerprint density at radius 1 is 1.06 bits per heavy atom. The highest BCUT2D eigenvalue weighted by molar-refractivity contribution is 6.29. The summed E-state index contributed by atoms with van der Waals surface area (Å²) in [5.41, 5.74) is 2.59. The zero-order valence-electron chi connectivity index (χ0n) is 18.1. The van der Waals surface area contributed by atoms with E-state index in [0.717, 1.165) is 47.6 Å². The first kappa shape index (κ1) is 21.6. The number of carboxylic acid groups (broad SMARTS) is 1. The van der Waals surface area contributed by atoms with Crippen LogP contribution in [0.2, 0.25) is 5.15 Å². The van der Waals surface area contributed by atoms with Crippen LogP contribution in [0.4, 0.5) is 0 Å². The lowest BCUT2D eigenvalue weighted by molar-refractivity contribution is -0.138. The summed E-state index contributed by atoms with van der Waals surface area (Å²) < 4.78 is 1.68. The lowest BCUT2D eigenvalue weighted by Crippen LogP contribution is -2.33. The highest BCUT2D eigenvalue weighted by Gasteiger charge is 2.29. The molecule has 2 aromatic carbocycles. The fourth-order valence-electron chi connectivity index (χ4n) is 5.18. The van der Waals surface area contributed by atoms with Gasteiger partial charge in [0.1, 0.15) is 5.15 Å². The average Bonchev–Trinajstić information content (AvgIpc) is 2.81. The molecule has 2 aromatic heterocycles. The fraction of sp³-hybridized carbons (Fsp3) is 0.308.